The van der Waals surface area contributed by atoms with Gasteiger partial charge in [0.15, 0.2) is 0 Å². The molecule has 0 radical (unpaired) electrons. The van der Waals surface area contributed by atoms with Gasteiger partial charge in [-0.3, -0.25) is 4.79 Å². The van der Waals surface area contributed by atoms with E-state index in [0.717, 1.165) is 0 Å². The summed E-state index contributed by atoms with van der Waals surface area (Å²) < 4.78 is 4.96. The van der Waals surface area contributed by atoms with E-state index in [1.807, 2.05) is 0 Å². The number of amides is 1. The lowest BCUT2D eigenvalue weighted by molar-refractivity contribution is -0.123. The van der Waals surface area contributed by atoms with Crippen LogP contribution in [0.4, 0.5) is 0 Å². The maximum Gasteiger partial charge on any atom is 0.222 e. The lowest BCUT2D eigenvalue weighted by Gasteiger charge is -2.12. The predicted octanol–water partition coefficient (Wildman–Crippen LogP) is -0.763. The van der Waals surface area contributed by atoms with Crippen LogP contribution < -0.4 is 11.1 Å². The molecule has 0 aliphatic carbocycles. The van der Waals surface area contributed by atoms with Crippen molar-refractivity contribution in [2.24, 2.45) is 5.73 Å². The highest BCUT2D eigenvalue weighted by atomic mass is 16.5. The summed E-state index contributed by atoms with van der Waals surface area (Å²) in [5.74, 6) is -0.0945. The number of nitrogens with two attached hydrogens (primary N) is 1. The Balaban J connectivity index is 3.54. The minimum absolute atomic E-state index is 0.0945. The summed E-state index contributed by atoms with van der Waals surface area (Å²) in [6.45, 7) is 2.50. The van der Waals surface area contributed by atoms with Crippen LogP contribution in [0.25, 0.3) is 0 Å². The van der Waals surface area contributed by atoms with Crippen LogP contribution in [0.15, 0.2) is 0 Å². The largest absolute Gasteiger partial charge is 0.393 e. The van der Waals surface area contributed by atoms with E-state index in [4.69, 9.17) is 15.6 Å². The number of hydrogen-bond acceptors (Lipinski definition) is 4. The third-order valence-corrected chi connectivity index (χ3v) is 1.89. The number of carbonyl (C=O) groups is 1. The Hall–Kier alpha value is -0.650. The third kappa shape index (κ3) is 6.82. The number of aliphatic hydroxyl groups excluding tert-OH is 1. The molecule has 14 heavy (non-hydrogen) atoms. The van der Waals surface area contributed by atoms with E-state index in [9.17, 15) is 4.79 Å². The van der Waals surface area contributed by atoms with E-state index in [1.54, 1.807) is 6.92 Å². The highest BCUT2D eigenvalue weighted by Gasteiger charge is 2.10. The van der Waals surface area contributed by atoms with Crippen LogP contribution in [0, 0.1) is 0 Å². The molecule has 0 aromatic heterocycles. The Morgan fingerprint density at radius 1 is 1.64 bits per heavy atom. The molecule has 0 aliphatic heterocycles. The molecular weight excluding hydrogens is 184 g/mol. The van der Waals surface area contributed by atoms with Crippen molar-refractivity contribution in [1.82, 2.24) is 5.32 Å². The van der Waals surface area contributed by atoms with Crippen molar-refractivity contribution in [3.63, 3.8) is 0 Å². The Morgan fingerprint density at radius 2 is 2.29 bits per heavy atom. The summed E-state index contributed by atoms with van der Waals surface area (Å²) in [7, 11) is 1.53. The molecule has 0 bridgehead atoms. The zero-order valence-electron chi connectivity index (χ0n) is 8.82. The molecule has 2 atom stereocenters. The van der Waals surface area contributed by atoms with Gasteiger partial charge in [0.2, 0.25) is 5.91 Å². The lowest BCUT2D eigenvalue weighted by atomic mass is 10.2. The molecule has 2 unspecified atom stereocenters. The van der Waals surface area contributed by atoms with E-state index in [-0.39, 0.29) is 24.5 Å². The second-order valence-corrected chi connectivity index (χ2v) is 3.29. The highest BCUT2D eigenvalue weighted by molar-refractivity contribution is 5.76. The van der Waals surface area contributed by atoms with Crippen molar-refractivity contribution in [2.45, 2.75) is 32.0 Å². The standard InChI is InChI=1S/C9H20N2O3/c1-7(12)3-4-11-9(13)5-8(6-10)14-2/h7-8,12H,3-6,10H2,1-2H3,(H,11,13). The van der Waals surface area contributed by atoms with Crippen molar-refractivity contribution in [3.8, 4) is 0 Å². The summed E-state index contributed by atoms with van der Waals surface area (Å²) in [6, 6.07) is 0. The molecule has 1 amide bonds. The van der Waals surface area contributed by atoms with Gasteiger partial charge >= 0.3 is 0 Å². The Morgan fingerprint density at radius 3 is 2.71 bits per heavy atom. The Labute approximate surface area is 84.6 Å². The highest BCUT2D eigenvalue weighted by Crippen LogP contribution is 1.94. The fourth-order valence-corrected chi connectivity index (χ4v) is 0.962. The van der Waals surface area contributed by atoms with Crippen LogP contribution in [0.2, 0.25) is 0 Å². The third-order valence-electron chi connectivity index (χ3n) is 1.89. The number of ether oxygens (including phenoxy) is 1. The average Bonchev–Trinajstić information content (AvgIpc) is 2.13. The molecule has 0 spiro atoms. The minimum Gasteiger partial charge on any atom is -0.393 e. The van der Waals surface area contributed by atoms with E-state index in [0.29, 0.717) is 19.5 Å². The maximum absolute atomic E-state index is 11.2. The summed E-state index contributed by atoms with van der Waals surface area (Å²) in [5.41, 5.74) is 5.36. The Bertz CT molecular complexity index is 158. The lowest BCUT2D eigenvalue weighted by Crippen LogP contribution is -2.33. The number of nitrogens with one attached hydrogen (secondary N) is 1. The molecule has 84 valence electrons. The SMILES string of the molecule is COC(CN)CC(=O)NCCC(C)O. The van der Waals surface area contributed by atoms with Crippen molar-refractivity contribution in [2.75, 3.05) is 20.2 Å². The predicted molar refractivity (Wildman–Crippen MR) is 53.8 cm³/mol. The molecule has 0 saturated heterocycles. The molecule has 5 heteroatoms. The van der Waals surface area contributed by atoms with Gasteiger partial charge in [0.25, 0.3) is 0 Å². The fourth-order valence-electron chi connectivity index (χ4n) is 0.962. The number of hydrogen-bond donors (Lipinski definition) is 3. The Kier molecular flexibility index (Phi) is 7.37. The van der Waals surface area contributed by atoms with Crippen LogP contribution >= 0.6 is 0 Å². The van der Waals surface area contributed by atoms with Gasteiger partial charge in [-0.25, -0.2) is 0 Å². The monoisotopic (exact) mass is 204 g/mol. The first-order chi connectivity index (χ1) is 6.60. The van der Waals surface area contributed by atoms with Crippen molar-refractivity contribution < 1.29 is 14.6 Å². The van der Waals surface area contributed by atoms with Gasteiger partial charge in [-0.2, -0.15) is 0 Å². The van der Waals surface area contributed by atoms with Gasteiger partial charge in [0.1, 0.15) is 0 Å². The second kappa shape index (κ2) is 7.73. The molecule has 0 aromatic rings. The molecule has 0 saturated carbocycles. The first-order valence-corrected chi connectivity index (χ1v) is 4.77. The topological polar surface area (TPSA) is 84.6 Å². The van der Waals surface area contributed by atoms with Crippen LogP contribution in [-0.2, 0) is 9.53 Å². The molecule has 4 N–H and O–H groups in total. The first-order valence-electron chi connectivity index (χ1n) is 4.77. The molecule has 0 fully saturated rings. The van der Waals surface area contributed by atoms with Crippen LogP contribution in [0.5, 0.6) is 0 Å². The van der Waals surface area contributed by atoms with E-state index in [1.165, 1.54) is 7.11 Å². The normalized spacial score (nSPS) is 14.9. The van der Waals surface area contributed by atoms with Gasteiger partial charge in [-0.05, 0) is 13.3 Å². The van der Waals surface area contributed by atoms with E-state index in [2.05, 4.69) is 5.32 Å². The van der Waals surface area contributed by atoms with Crippen molar-refractivity contribution in [1.29, 1.82) is 0 Å². The number of rotatable bonds is 7. The van der Waals surface area contributed by atoms with Gasteiger partial charge in [-0.1, -0.05) is 0 Å². The minimum atomic E-state index is -0.386. The van der Waals surface area contributed by atoms with Crippen LogP contribution in [-0.4, -0.2) is 43.4 Å². The molecule has 5 nitrogen and oxygen atoms in total. The van der Waals surface area contributed by atoms with E-state index >= 15 is 0 Å². The van der Waals surface area contributed by atoms with E-state index < -0.39 is 0 Å². The molecular formula is C9H20N2O3. The number of aliphatic hydroxyl groups is 1. The zero-order valence-corrected chi connectivity index (χ0v) is 8.82. The van der Waals surface area contributed by atoms with Gasteiger partial charge in [0, 0.05) is 20.2 Å². The van der Waals surface area contributed by atoms with Crippen molar-refractivity contribution >= 4 is 5.91 Å². The van der Waals surface area contributed by atoms with Gasteiger partial charge < -0.3 is 20.9 Å². The van der Waals surface area contributed by atoms with Gasteiger partial charge in [0.05, 0.1) is 18.6 Å². The van der Waals surface area contributed by atoms with Gasteiger partial charge in [-0.15, -0.1) is 0 Å². The molecule has 0 aliphatic rings. The summed E-state index contributed by atoms with van der Waals surface area (Å²) in [6.07, 6.45) is 0.225. The average molecular weight is 204 g/mol. The first kappa shape index (κ1) is 13.4. The molecule has 0 rings (SSSR count). The smallest absolute Gasteiger partial charge is 0.222 e. The fraction of sp³-hybridized carbons (Fsp3) is 0.889. The van der Waals surface area contributed by atoms with Crippen LogP contribution in [0.3, 0.4) is 0 Å². The van der Waals surface area contributed by atoms with Crippen LogP contribution in [0.1, 0.15) is 19.8 Å². The molecule has 0 heterocycles. The van der Waals surface area contributed by atoms with Crippen molar-refractivity contribution in [3.05, 3.63) is 0 Å². The summed E-state index contributed by atoms with van der Waals surface area (Å²) >= 11 is 0. The number of carbonyl (C=O) groups excluding carboxylic acids is 1. The second-order valence-electron chi connectivity index (χ2n) is 3.29. The maximum atomic E-state index is 11.2. The zero-order chi connectivity index (χ0) is 11.0. The summed E-state index contributed by atoms with van der Waals surface area (Å²) in [5, 5.41) is 11.6. The number of methoxy groups -OCH3 is 1. The summed E-state index contributed by atoms with van der Waals surface area (Å²) in [4.78, 5) is 11.2. The molecule has 0 aromatic carbocycles. The quantitative estimate of drug-likeness (QED) is 0.509.